The molecule has 4 aliphatic carbocycles. The van der Waals surface area contributed by atoms with E-state index in [0.717, 1.165) is 89.0 Å². The van der Waals surface area contributed by atoms with Crippen molar-refractivity contribution >= 4 is 11.9 Å². The number of aliphatic hydroxyl groups excluding tert-OH is 1. The first-order valence-corrected chi connectivity index (χ1v) is 22.0. The van der Waals surface area contributed by atoms with Gasteiger partial charge >= 0.3 is 11.9 Å². The van der Waals surface area contributed by atoms with Gasteiger partial charge in [0.25, 0.3) is 0 Å². The Morgan fingerprint density at radius 3 is 2.33 bits per heavy atom. The normalized spacial score (nSPS) is 37.1. The first-order valence-electron chi connectivity index (χ1n) is 22.0. The summed E-state index contributed by atoms with van der Waals surface area (Å²) in [7, 11) is 0. The minimum atomic E-state index is -1.39. The van der Waals surface area contributed by atoms with E-state index >= 15 is 0 Å². The lowest BCUT2D eigenvalue weighted by Crippen LogP contribution is -2.76. The second-order valence-corrected chi connectivity index (χ2v) is 19.4. The number of benzene rings is 1. The van der Waals surface area contributed by atoms with Gasteiger partial charge in [-0.15, -0.1) is 5.92 Å². The smallest absolute Gasteiger partial charge is 0.331 e. The Morgan fingerprint density at radius 2 is 1.61 bits per heavy atom. The van der Waals surface area contributed by atoms with Crippen LogP contribution >= 0.6 is 0 Å². The minimum Gasteiger partial charge on any atom is -0.462 e. The summed E-state index contributed by atoms with van der Waals surface area (Å²) in [5, 5.41) is 26.9. The first-order chi connectivity index (χ1) is 25.9. The maximum Gasteiger partial charge on any atom is 0.331 e. The molecule has 2 N–H and O–H groups in total. The average molecular weight is 741 g/mol. The zero-order chi connectivity index (χ0) is 38.0. The molecule has 7 rings (SSSR count). The van der Waals surface area contributed by atoms with Crippen molar-refractivity contribution in [1.82, 2.24) is 0 Å². The summed E-state index contributed by atoms with van der Waals surface area (Å²) in [6, 6.07) is 10.7. The van der Waals surface area contributed by atoms with E-state index in [1.165, 1.54) is 24.8 Å². The second kappa shape index (κ2) is 16.1. The van der Waals surface area contributed by atoms with Crippen LogP contribution < -0.4 is 0 Å². The number of fused-ring (bicyclic) bond motifs is 4. The lowest BCUT2D eigenvalue weighted by Gasteiger charge is -2.71. The molecule has 6 heteroatoms. The molecule has 2 bridgehead atoms. The van der Waals surface area contributed by atoms with Gasteiger partial charge in [-0.2, -0.15) is 0 Å². The molecule has 8 unspecified atom stereocenters. The van der Waals surface area contributed by atoms with E-state index in [4.69, 9.17) is 9.47 Å². The number of hydrogen-bond acceptors (Lipinski definition) is 6. The number of carbonyl (C=O) groups excluding carboxylic acids is 2. The van der Waals surface area contributed by atoms with Crippen molar-refractivity contribution in [1.29, 1.82) is 0 Å². The van der Waals surface area contributed by atoms with Crippen LogP contribution in [0.1, 0.15) is 161 Å². The van der Waals surface area contributed by atoms with Crippen molar-refractivity contribution < 1.29 is 29.3 Å². The molecule has 0 saturated heterocycles. The molecular weight excluding hydrogens is 673 g/mol. The molecule has 0 amide bonds. The van der Waals surface area contributed by atoms with E-state index in [9.17, 15) is 19.8 Å². The van der Waals surface area contributed by atoms with E-state index in [0.29, 0.717) is 50.4 Å². The van der Waals surface area contributed by atoms with Crippen LogP contribution in [0.2, 0.25) is 0 Å². The molecule has 1 aromatic rings. The molecule has 6 aliphatic rings. The number of esters is 2. The number of ether oxygens (including phenoxy) is 2. The number of rotatable bonds is 12. The van der Waals surface area contributed by atoms with Gasteiger partial charge in [0.1, 0.15) is 12.7 Å². The molecule has 54 heavy (non-hydrogen) atoms. The first kappa shape index (κ1) is 39.6. The number of aliphatic hydroxyl groups is 2. The van der Waals surface area contributed by atoms with Crippen molar-refractivity contribution in [3.05, 3.63) is 47.5 Å². The molecule has 296 valence electrons. The van der Waals surface area contributed by atoms with Gasteiger partial charge in [-0.25, -0.2) is 4.79 Å². The van der Waals surface area contributed by atoms with Crippen molar-refractivity contribution in [3.8, 4) is 11.8 Å². The molecule has 6 nitrogen and oxygen atoms in total. The topological polar surface area (TPSA) is 93.1 Å². The third-order valence-corrected chi connectivity index (χ3v) is 16.1. The quantitative estimate of drug-likeness (QED) is 0.164. The van der Waals surface area contributed by atoms with Gasteiger partial charge in [0.15, 0.2) is 0 Å². The van der Waals surface area contributed by atoms with E-state index in [-0.39, 0.29) is 29.9 Å². The van der Waals surface area contributed by atoms with Crippen LogP contribution in [0.5, 0.6) is 0 Å². The summed E-state index contributed by atoms with van der Waals surface area (Å²) in [6.45, 7) is 7.15. The zero-order valence-corrected chi connectivity index (χ0v) is 33.6. The fourth-order valence-corrected chi connectivity index (χ4v) is 13.1. The van der Waals surface area contributed by atoms with Gasteiger partial charge in [-0.05, 0) is 106 Å². The van der Waals surface area contributed by atoms with E-state index < -0.39 is 34.1 Å². The van der Waals surface area contributed by atoms with Gasteiger partial charge < -0.3 is 19.7 Å². The molecule has 8 atom stereocenters. The summed E-state index contributed by atoms with van der Waals surface area (Å²) >= 11 is 0. The Morgan fingerprint density at radius 1 is 0.889 bits per heavy atom. The highest BCUT2D eigenvalue weighted by molar-refractivity contribution is 5.85. The predicted octanol–water partition coefficient (Wildman–Crippen LogP) is 9.83. The lowest BCUT2D eigenvalue weighted by atomic mass is 9.35. The molecule has 1 aromatic carbocycles. The number of hydrogen-bond donors (Lipinski definition) is 2. The third-order valence-electron chi connectivity index (χ3n) is 16.1. The molecule has 0 radical (unpaired) electrons. The minimum absolute atomic E-state index is 0.0880. The average Bonchev–Trinajstić information content (AvgIpc) is 3.61. The Bertz CT molecular complexity index is 1580. The highest BCUT2D eigenvalue weighted by Gasteiger charge is 2.75. The summed E-state index contributed by atoms with van der Waals surface area (Å²) in [6.07, 6.45) is 20.3. The van der Waals surface area contributed by atoms with Gasteiger partial charge in [0.2, 0.25) is 0 Å². The SMILES string of the molecule is CC(CCCc1ccccc1)CCCC12C(O)CCC(C)(C3CCCCC3)C1C1CC(C)(C#CCC3(CCCCC3)C(=O)O1)C2(O)CCC1=CC(=O)OC1. The van der Waals surface area contributed by atoms with E-state index in [1.54, 1.807) is 6.08 Å². The largest absolute Gasteiger partial charge is 0.462 e. The van der Waals surface area contributed by atoms with Crippen LogP contribution in [0.15, 0.2) is 42.0 Å². The van der Waals surface area contributed by atoms with Crippen LogP contribution in [0, 0.1) is 51.3 Å². The van der Waals surface area contributed by atoms with Crippen molar-refractivity contribution in [2.24, 2.45) is 39.4 Å². The van der Waals surface area contributed by atoms with Crippen molar-refractivity contribution in [2.75, 3.05) is 6.61 Å². The zero-order valence-electron chi connectivity index (χ0n) is 33.6. The fraction of sp³-hybridized carbons (Fsp3) is 0.750. The summed E-state index contributed by atoms with van der Waals surface area (Å²) < 4.78 is 12.4. The van der Waals surface area contributed by atoms with E-state index in [1.807, 2.05) is 0 Å². The number of aryl methyl sites for hydroxylation is 1. The maximum atomic E-state index is 14.7. The van der Waals surface area contributed by atoms with Crippen LogP contribution in [0.3, 0.4) is 0 Å². The van der Waals surface area contributed by atoms with Crippen LogP contribution in [0.25, 0.3) is 0 Å². The molecule has 0 aromatic heterocycles. The fourth-order valence-electron chi connectivity index (χ4n) is 13.1. The number of carbonyl (C=O) groups is 2. The van der Waals surface area contributed by atoms with Gasteiger partial charge in [0, 0.05) is 30.3 Å². The molecule has 2 heterocycles. The van der Waals surface area contributed by atoms with Gasteiger partial charge in [-0.1, -0.05) is 108 Å². The van der Waals surface area contributed by atoms with Gasteiger partial charge in [-0.3, -0.25) is 4.79 Å². The summed E-state index contributed by atoms with van der Waals surface area (Å²) in [5.74, 6) is 7.58. The molecule has 2 aliphatic heterocycles. The molecule has 4 saturated carbocycles. The van der Waals surface area contributed by atoms with Gasteiger partial charge in [0.05, 0.1) is 22.5 Å². The molecule has 1 spiro atoms. The highest BCUT2D eigenvalue weighted by Crippen LogP contribution is 2.72. The van der Waals surface area contributed by atoms with Crippen LogP contribution in [0.4, 0.5) is 0 Å². The van der Waals surface area contributed by atoms with E-state index in [2.05, 4.69) is 62.9 Å². The van der Waals surface area contributed by atoms with Crippen molar-refractivity contribution in [3.63, 3.8) is 0 Å². The Hall–Kier alpha value is -2.62. The highest BCUT2D eigenvalue weighted by atomic mass is 16.5. The van der Waals surface area contributed by atoms with Crippen LogP contribution in [-0.2, 0) is 25.5 Å². The summed E-state index contributed by atoms with van der Waals surface area (Å²) in [4.78, 5) is 26.9. The number of cyclic esters (lactones) is 1. The maximum absolute atomic E-state index is 14.7. The Labute approximate surface area is 325 Å². The molecule has 4 fully saturated rings. The molecular formula is C48H68O6. The Balaban J connectivity index is 1.29. The monoisotopic (exact) mass is 741 g/mol. The standard InChI is InChI=1S/C48H68O6/c1-35(16-13-20-36-18-7-4-8-19-36)17-14-29-47-40(49)24-30-45(3,38-21-9-5-10-22-38)42(47)39-33-44(2,48(47,52)31-23-37-32-41(50)53-34-37)25-15-28-46(43(51)54-39)26-11-6-12-27-46/h4,7-8,18-19,32,35,38-40,42,49,52H,5-6,9-14,16-17,20-24,26-31,33-34H2,1-3H3. The lowest BCUT2D eigenvalue weighted by molar-refractivity contribution is -0.315. The van der Waals surface area contributed by atoms with Crippen molar-refractivity contribution in [2.45, 2.75) is 180 Å². The van der Waals surface area contributed by atoms with Crippen LogP contribution in [-0.4, -0.2) is 46.6 Å². The predicted molar refractivity (Wildman–Crippen MR) is 212 cm³/mol. The third kappa shape index (κ3) is 7.24. The Kier molecular flexibility index (Phi) is 11.8. The second-order valence-electron chi connectivity index (χ2n) is 19.4. The summed E-state index contributed by atoms with van der Waals surface area (Å²) in [5.41, 5.74) is -1.80.